The van der Waals surface area contributed by atoms with Gasteiger partial charge >= 0.3 is 0 Å². The van der Waals surface area contributed by atoms with Gasteiger partial charge in [0.15, 0.2) is 0 Å². The first-order chi connectivity index (χ1) is 14.4. The molecule has 156 valence electrons. The highest BCUT2D eigenvalue weighted by Crippen LogP contribution is 2.25. The molecule has 0 radical (unpaired) electrons. The Labute approximate surface area is 180 Å². The number of ether oxygens (including phenoxy) is 1. The van der Waals surface area contributed by atoms with Crippen molar-refractivity contribution < 1.29 is 17.9 Å². The minimum atomic E-state index is -3.74. The van der Waals surface area contributed by atoms with Gasteiger partial charge in [0.05, 0.1) is 4.90 Å². The number of carbonyl (C=O) groups is 1. The Morgan fingerprint density at radius 2 is 1.77 bits per heavy atom. The number of hydrogen-bond acceptors (Lipinski definition) is 5. The van der Waals surface area contributed by atoms with Gasteiger partial charge in [-0.3, -0.25) is 9.52 Å². The van der Waals surface area contributed by atoms with Crippen molar-refractivity contribution in [2.24, 2.45) is 0 Å². The maximum Gasteiger partial charge on any atom is 0.261 e. The predicted octanol–water partition coefficient (Wildman–Crippen LogP) is 4.47. The van der Waals surface area contributed by atoms with E-state index in [1.165, 1.54) is 30.5 Å². The van der Waals surface area contributed by atoms with E-state index >= 15 is 0 Å². The minimum absolute atomic E-state index is 0.100. The third kappa shape index (κ3) is 5.49. The van der Waals surface area contributed by atoms with Gasteiger partial charge in [0.25, 0.3) is 15.9 Å². The third-order valence-corrected chi connectivity index (χ3v) is 5.65. The van der Waals surface area contributed by atoms with Crippen LogP contribution in [0, 0.1) is 0 Å². The van der Waals surface area contributed by atoms with E-state index in [2.05, 4.69) is 15.0 Å². The number of anilines is 1. The molecule has 0 spiro atoms. The zero-order chi connectivity index (χ0) is 21.6. The smallest absolute Gasteiger partial charge is 0.261 e. The van der Waals surface area contributed by atoms with E-state index in [0.717, 1.165) is 6.42 Å². The number of nitrogens with one attached hydrogen (secondary N) is 2. The molecule has 0 unspecified atom stereocenters. The average Bonchev–Trinajstić information content (AvgIpc) is 2.74. The fraction of sp³-hybridized carbons (Fsp3) is 0.143. The van der Waals surface area contributed by atoms with Crippen molar-refractivity contribution in [3.63, 3.8) is 0 Å². The van der Waals surface area contributed by atoms with Gasteiger partial charge in [0, 0.05) is 23.5 Å². The normalized spacial score (nSPS) is 11.0. The second kappa shape index (κ2) is 9.60. The first-order valence-corrected chi connectivity index (χ1v) is 11.0. The maximum absolute atomic E-state index is 12.5. The zero-order valence-corrected chi connectivity index (χ0v) is 17.7. The van der Waals surface area contributed by atoms with Crippen LogP contribution >= 0.6 is 11.6 Å². The molecule has 0 aliphatic heterocycles. The Hall–Kier alpha value is -3.10. The Bertz CT molecular complexity index is 1120. The van der Waals surface area contributed by atoms with E-state index in [4.69, 9.17) is 16.3 Å². The van der Waals surface area contributed by atoms with Crippen LogP contribution in [0.15, 0.2) is 71.8 Å². The van der Waals surface area contributed by atoms with Crippen molar-refractivity contribution in [3.8, 4) is 11.6 Å². The SMILES string of the molecule is CCCNC(=O)c1cccnc1Oc1ccc(NS(=O)(=O)c2ccc(Cl)cc2)cc1. The van der Waals surface area contributed by atoms with Crippen LogP contribution in [0.5, 0.6) is 11.6 Å². The lowest BCUT2D eigenvalue weighted by atomic mass is 10.2. The van der Waals surface area contributed by atoms with Gasteiger partial charge < -0.3 is 10.1 Å². The number of nitrogens with zero attached hydrogens (tertiary/aromatic N) is 1. The molecule has 1 amide bonds. The Kier molecular flexibility index (Phi) is 6.91. The summed E-state index contributed by atoms with van der Waals surface area (Å²) in [5.41, 5.74) is 0.678. The van der Waals surface area contributed by atoms with Crippen LogP contribution in [0.25, 0.3) is 0 Å². The highest BCUT2D eigenvalue weighted by Gasteiger charge is 2.15. The van der Waals surface area contributed by atoms with Crippen molar-refractivity contribution in [3.05, 3.63) is 77.4 Å². The predicted molar refractivity (Wildman–Crippen MR) is 116 cm³/mol. The van der Waals surface area contributed by atoms with E-state index in [1.807, 2.05) is 6.92 Å². The topological polar surface area (TPSA) is 97.4 Å². The highest BCUT2D eigenvalue weighted by atomic mass is 35.5. The summed E-state index contributed by atoms with van der Waals surface area (Å²) in [6, 6.07) is 15.4. The van der Waals surface area contributed by atoms with Crippen LogP contribution in [0.2, 0.25) is 5.02 Å². The van der Waals surface area contributed by atoms with E-state index < -0.39 is 10.0 Å². The summed E-state index contributed by atoms with van der Waals surface area (Å²) in [4.78, 5) is 16.5. The summed E-state index contributed by atoms with van der Waals surface area (Å²) < 4.78 is 33.1. The third-order valence-electron chi connectivity index (χ3n) is 4.00. The van der Waals surface area contributed by atoms with Crippen LogP contribution < -0.4 is 14.8 Å². The fourth-order valence-corrected chi connectivity index (χ4v) is 3.69. The molecule has 9 heteroatoms. The second-order valence-corrected chi connectivity index (χ2v) is 8.42. The zero-order valence-electron chi connectivity index (χ0n) is 16.1. The van der Waals surface area contributed by atoms with Gasteiger partial charge in [-0.15, -0.1) is 0 Å². The molecule has 1 aromatic heterocycles. The summed E-state index contributed by atoms with van der Waals surface area (Å²) in [6.45, 7) is 2.51. The van der Waals surface area contributed by atoms with E-state index in [-0.39, 0.29) is 16.7 Å². The molecule has 0 saturated heterocycles. The van der Waals surface area contributed by atoms with Gasteiger partial charge in [-0.05, 0) is 67.1 Å². The van der Waals surface area contributed by atoms with Crippen molar-refractivity contribution in [1.29, 1.82) is 0 Å². The van der Waals surface area contributed by atoms with Crippen molar-refractivity contribution in [2.45, 2.75) is 18.2 Å². The molecular formula is C21H20ClN3O4S. The van der Waals surface area contributed by atoms with Gasteiger partial charge in [-0.25, -0.2) is 13.4 Å². The Balaban J connectivity index is 1.73. The summed E-state index contributed by atoms with van der Waals surface area (Å²) in [7, 11) is -3.74. The molecule has 3 rings (SSSR count). The highest BCUT2D eigenvalue weighted by molar-refractivity contribution is 7.92. The standard InChI is InChI=1S/C21H20ClN3O4S/c1-2-13-23-20(26)19-4-3-14-24-21(19)29-17-9-7-16(8-10-17)25-30(27,28)18-11-5-15(22)6-12-18/h3-12,14,25H,2,13H2,1H3,(H,23,26). The molecule has 2 N–H and O–H groups in total. The lowest BCUT2D eigenvalue weighted by Crippen LogP contribution is -2.24. The summed E-state index contributed by atoms with van der Waals surface area (Å²) in [5, 5.41) is 3.24. The Morgan fingerprint density at radius 3 is 2.43 bits per heavy atom. The number of rotatable bonds is 8. The minimum Gasteiger partial charge on any atom is -0.438 e. The number of benzene rings is 2. The largest absolute Gasteiger partial charge is 0.438 e. The lowest BCUT2D eigenvalue weighted by molar-refractivity contribution is 0.0950. The van der Waals surface area contributed by atoms with Crippen LogP contribution in [0.4, 0.5) is 5.69 Å². The lowest BCUT2D eigenvalue weighted by Gasteiger charge is -2.11. The molecule has 0 bridgehead atoms. The van der Waals surface area contributed by atoms with Crippen molar-refractivity contribution in [1.82, 2.24) is 10.3 Å². The van der Waals surface area contributed by atoms with Crippen molar-refractivity contribution in [2.75, 3.05) is 11.3 Å². The molecule has 0 atom stereocenters. The first kappa shape index (κ1) is 21.6. The van der Waals surface area contributed by atoms with Crippen LogP contribution in [0.1, 0.15) is 23.7 Å². The van der Waals surface area contributed by atoms with Gasteiger partial charge in [0.2, 0.25) is 5.88 Å². The monoisotopic (exact) mass is 445 g/mol. The number of hydrogen-bond donors (Lipinski definition) is 2. The second-order valence-electron chi connectivity index (χ2n) is 6.30. The molecule has 2 aromatic carbocycles. The van der Waals surface area contributed by atoms with Crippen LogP contribution in [-0.4, -0.2) is 25.9 Å². The number of carbonyl (C=O) groups excluding carboxylic acids is 1. The van der Waals surface area contributed by atoms with E-state index in [0.29, 0.717) is 28.6 Å². The molecule has 0 aliphatic rings. The molecule has 0 fully saturated rings. The average molecular weight is 446 g/mol. The molecule has 30 heavy (non-hydrogen) atoms. The summed E-state index contributed by atoms with van der Waals surface area (Å²) in [6.07, 6.45) is 2.34. The number of halogens is 1. The van der Waals surface area contributed by atoms with E-state index in [1.54, 1.807) is 36.4 Å². The molecule has 3 aromatic rings. The number of aromatic nitrogens is 1. The number of pyridine rings is 1. The van der Waals surface area contributed by atoms with Crippen LogP contribution in [0.3, 0.4) is 0 Å². The molecular weight excluding hydrogens is 426 g/mol. The fourth-order valence-electron chi connectivity index (χ4n) is 2.51. The number of amides is 1. The molecule has 0 saturated carbocycles. The van der Waals surface area contributed by atoms with Gasteiger partial charge in [-0.2, -0.15) is 0 Å². The van der Waals surface area contributed by atoms with Crippen LogP contribution in [-0.2, 0) is 10.0 Å². The first-order valence-electron chi connectivity index (χ1n) is 9.18. The van der Waals surface area contributed by atoms with Gasteiger partial charge in [-0.1, -0.05) is 18.5 Å². The number of sulfonamides is 1. The summed E-state index contributed by atoms with van der Waals surface area (Å²) >= 11 is 5.80. The van der Waals surface area contributed by atoms with Gasteiger partial charge in [0.1, 0.15) is 11.3 Å². The maximum atomic E-state index is 12.5. The Morgan fingerprint density at radius 1 is 1.07 bits per heavy atom. The molecule has 7 nitrogen and oxygen atoms in total. The van der Waals surface area contributed by atoms with E-state index in [9.17, 15) is 13.2 Å². The summed E-state index contributed by atoms with van der Waals surface area (Å²) in [5.74, 6) is 0.306. The molecule has 0 aliphatic carbocycles. The van der Waals surface area contributed by atoms with Crippen molar-refractivity contribution >= 4 is 33.2 Å². The molecule has 1 heterocycles. The quantitative estimate of drug-likeness (QED) is 0.533.